The van der Waals surface area contributed by atoms with Gasteiger partial charge in [-0.05, 0) is 28.1 Å². The third-order valence-corrected chi connectivity index (χ3v) is 3.43. The lowest BCUT2D eigenvalue weighted by molar-refractivity contribution is 0.0916. The van der Waals surface area contributed by atoms with Crippen molar-refractivity contribution in [2.45, 2.75) is 6.04 Å². The van der Waals surface area contributed by atoms with Gasteiger partial charge in [-0.25, -0.2) is 0 Å². The van der Waals surface area contributed by atoms with Crippen molar-refractivity contribution >= 4 is 5.91 Å². The number of rotatable bonds is 5. The van der Waals surface area contributed by atoms with Gasteiger partial charge in [-0.15, -0.1) is 5.10 Å². The Kier molecular flexibility index (Phi) is 4.39. The summed E-state index contributed by atoms with van der Waals surface area (Å²) in [5.41, 5.74) is 1.83. The predicted octanol–water partition coefficient (Wildman–Crippen LogP) is 1.13. The number of nitrogens with one attached hydrogen (secondary N) is 1. The van der Waals surface area contributed by atoms with E-state index in [9.17, 15) is 9.90 Å². The number of hydrogen-bond donors (Lipinski definition) is 2. The Balaban J connectivity index is 1.87. The molecule has 0 saturated carbocycles. The average molecular weight is 309 g/mol. The lowest BCUT2D eigenvalue weighted by atomic mass is 10.1. The van der Waals surface area contributed by atoms with Crippen LogP contribution in [0.25, 0.3) is 5.69 Å². The van der Waals surface area contributed by atoms with Crippen LogP contribution in [0, 0.1) is 0 Å². The molecule has 0 unspecified atom stereocenters. The summed E-state index contributed by atoms with van der Waals surface area (Å²) in [6, 6.07) is 15.8. The van der Waals surface area contributed by atoms with E-state index in [0.29, 0.717) is 11.3 Å². The molecule has 1 amide bonds. The number of amides is 1. The van der Waals surface area contributed by atoms with Crippen LogP contribution < -0.4 is 5.32 Å². The number of carbonyl (C=O) groups is 1. The van der Waals surface area contributed by atoms with Gasteiger partial charge in [0.25, 0.3) is 5.91 Å². The molecular weight excluding hydrogens is 294 g/mol. The van der Waals surface area contributed by atoms with Crippen LogP contribution in [-0.4, -0.2) is 37.8 Å². The Hall–Kier alpha value is -3.06. The van der Waals surface area contributed by atoms with Gasteiger partial charge < -0.3 is 10.4 Å². The first-order chi connectivity index (χ1) is 11.3. The first-order valence-corrected chi connectivity index (χ1v) is 7.08. The fourth-order valence-electron chi connectivity index (χ4n) is 2.29. The summed E-state index contributed by atoms with van der Waals surface area (Å²) < 4.78 is 1.42. The van der Waals surface area contributed by atoms with Gasteiger partial charge >= 0.3 is 0 Å². The van der Waals surface area contributed by atoms with E-state index in [-0.39, 0.29) is 12.5 Å². The fourth-order valence-corrected chi connectivity index (χ4v) is 2.29. The second kappa shape index (κ2) is 6.80. The molecular formula is C16H15N5O2. The summed E-state index contributed by atoms with van der Waals surface area (Å²) in [6.07, 6.45) is 1.42. The molecule has 1 heterocycles. The number of aromatic nitrogens is 4. The molecule has 3 aromatic rings. The molecule has 1 atom stereocenters. The second-order valence-electron chi connectivity index (χ2n) is 4.89. The normalized spacial score (nSPS) is 11.9. The van der Waals surface area contributed by atoms with E-state index in [4.69, 9.17) is 0 Å². The van der Waals surface area contributed by atoms with Crippen molar-refractivity contribution in [3.8, 4) is 5.69 Å². The van der Waals surface area contributed by atoms with Crippen LogP contribution in [-0.2, 0) is 0 Å². The van der Waals surface area contributed by atoms with Crippen LogP contribution in [0.1, 0.15) is 22.0 Å². The Morgan fingerprint density at radius 2 is 1.87 bits per heavy atom. The van der Waals surface area contributed by atoms with Crippen molar-refractivity contribution in [1.82, 2.24) is 25.5 Å². The third kappa shape index (κ3) is 3.24. The molecule has 0 fully saturated rings. The van der Waals surface area contributed by atoms with E-state index in [1.54, 1.807) is 24.3 Å². The molecule has 2 aromatic carbocycles. The number of carbonyl (C=O) groups excluding carboxylic acids is 1. The zero-order chi connectivity index (χ0) is 16.1. The maximum atomic E-state index is 12.6. The largest absolute Gasteiger partial charge is 0.394 e. The van der Waals surface area contributed by atoms with Crippen LogP contribution in [0.5, 0.6) is 0 Å². The summed E-state index contributed by atoms with van der Waals surface area (Å²) in [6.45, 7) is -0.192. The molecule has 0 radical (unpaired) electrons. The number of nitrogens with zero attached hydrogens (tertiary/aromatic N) is 4. The Morgan fingerprint density at radius 3 is 2.57 bits per heavy atom. The van der Waals surface area contributed by atoms with Crippen molar-refractivity contribution in [1.29, 1.82) is 0 Å². The molecule has 0 bridgehead atoms. The molecule has 1 aromatic heterocycles. The number of benzene rings is 2. The number of aliphatic hydroxyl groups is 1. The van der Waals surface area contributed by atoms with Gasteiger partial charge in [-0.3, -0.25) is 4.79 Å². The van der Waals surface area contributed by atoms with Crippen LogP contribution in [0.3, 0.4) is 0 Å². The predicted molar refractivity (Wildman–Crippen MR) is 82.9 cm³/mol. The second-order valence-corrected chi connectivity index (χ2v) is 4.89. The van der Waals surface area contributed by atoms with Crippen LogP contribution in [0.4, 0.5) is 0 Å². The van der Waals surface area contributed by atoms with Gasteiger partial charge in [-0.2, -0.15) is 4.68 Å². The van der Waals surface area contributed by atoms with Gasteiger partial charge in [0.1, 0.15) is 6.33 Å². The van der Waals surface area contributed by atoms with E-state index in [0.717, 1.165) is 5.56 Å². The van der Waals surface area contributed by atoms with Crippen molar-refractivity contribution in [3.63, 3.8) is 0 Å². The van der Waals surface area contributed by atoms with E-state index in [1.807, 2.05) is 30.3 Å². The van der Waals surface area contributed by atoms with Gasteiger partial charge in [0.05, 0.1) is 23.9 Å². The Bertz CT molecular complexity index is 774. The number of tetrazole rings is 1. The summed E-state index contributed by atoms with van der Waals surface area (Å²) >= 11 is 0. The fraction of sp³-hybridized carbons (Fsp3) is 0.125. The lowest BCUT2D eigenvalue weighted by Gasteiger charge is -2.17. The molecule has 7 nitrogen and oxygen atoms in total. The molecule has 0 saturated heterocycles. The maximum Gasteiger partial charge on any atom is 0.254 e. The molecule has 0 aliphatic carbocycles. The molecule has 2 N–H and O–H groups in total. The highest BCUT2D eigenvalue weighted by Crippen LogP contribution is 2.16. The molecule has 0 aliphatic rings. The monoisotopic (exact) mass is 309 g/mol. The summed E-state index contributed by atoms with van der Waals surface area (Å²) in [4.78, 5) is 12.6. The average Bonchev–Trinajstić information content (AvgIpc) is 3.14. The Morgan fingerprint density at radius 1 is 1.13 bits per heavy atom. The molecule has 0 aliphatic heterocycles. The highest BCUT2D eigenvalue weighted by atomic mass is 16.3. The van der Waals surface area contributed by atoms with E-state index < -0.39 is 6.04 Å². The smallest absolute Gasteiger partial charge is 0.254 e. The van der Waals surface area contributed by atoms with Gasteiger partial charge in [0.15, 0.2) is 0 Å². The SMILES string of the molecule is O=C(N[C@H](CO)c1ccccc1)c1ccccc1-n1cnnn1. The topological polar surface area (TPSA) is 92.9 Å². The minimum atomic E-state index is -0.481. The van der Waals surface area contributed by atoms with Gasteiger partial charge in [0.2, 0.25) is 0 Å². The Labute approximate surface area is 132 Å². The number of hydrogen-bond acceptors (Lipinski definition) is 5. The van der Waals surface area contributed by atoms with Crippen molar-refractivity contribution in [2.75, 3.05) is 6.61 Å². The van der Waals surface area contributed by atoms with E-state index in [1.165, 1.54) is 11.0 Å². The summed E-state index contributed by atoms with van der Waals surface area (Å²) in [5, 5.41) is 23.4. The van der Waals surface area contributed by atoms with Crippen LogP contribution in [0.15, 0.2) is 60.9 Å². The van der Waals surface area contributed by atoms with Crippen molar-refractivity contribution in [3.05, 3.63) is 72.1 Å². The zero-order valence-corrected chi connectivity index (χ0v) is 12.2. The highest BCUT2D eigenvalue weighted by molar-refractivity contribution is 5.97. The third-order valence-electron chi connectivity index (χ3n) is 3.43. The molecule has 7 heteroatoms. The number of para-hydroxylation sites is 1. The summed E-state index contributed by atoms with van der Waals surface area (Å²) in [7, 11) is 0. The van der Waals surface area contributed by atoms with Gasteiger partial charge in [-0.1, -0.05) is 42.5 Å². The minimum Gasteiger partial charge on any atom is -0.394 e. The van der Waals surface area contributed by atoms with Crippen LogP contribution in [0.2, 0.25) is 0 Å². The van der Waals surface area contributed by atoms with Crippen LogP contribution >= 0.6 is 0 Å². The quantitative estimate of drug-likeness (QED) is 0.737. The number of aliphatic hydroxyl groups excluding tert-OH is 1. The van der Waals surface area contributed by atoms with Crippen molar-refractivity contribution in [2.24, 2.45) is 0 Å². The first-order valence-electron chi connectivity index (χ1n) is 7.08. The van der Waals surface area contributed by atoms with Crippen molar-refractivity contribution < 1.29 is 9.90 Å². The first kappa shape index (κ1) is 14.9. The highest BCUT2D eigenvalue weighted by Gasteiger charge is 2.18. The molecule has 0 spiro atoms. The minimum absolute atomic E-state index is 0.192. The molecule has 116 valence electrons. The maximum absolute atomic E-state index is 12.6. The zero-order valence-electron chi connectivity index (χ0n) is 12.2. The molecule has 3 rings (SSSR count). The lowest BCUT2D eigenvalue weighted by Crippen LogP contribution is -2.31. The van der Waals surface area contributed by atoms with E-state index in [2.05, 4.69) is 20.8 Å². The standard InChI is InChI=1S/C16H15N5O2/c22-10-14(12-6-2-1-3-7-12)18-16(23)13-8-4-5-9-15(13)21-11-17-19-20-21/h1-9,11,14,22H,10H2,(H,18,23)/t14-/m1/s1. The van der Waals surface area contributed by atoms with E-state index >= 15 is 0 Å². The van der Waals surface area contributed by atoms with Gasteiger partial charge in [0, 0.05) is 0 Å². The molecule has 23 heavy (non-hydrogen) atoms. The summed E-state index contributed by atoms with van der Waals surface area (Å²) in [5.74, 6) is -0.306.